The Morgan fingerprint density at radius 2 is 1.57 bits per heavy atom. The Morgan fingerprint density at radius 1 is 0.950 bits per heavy atom. The van der Waals surface area contributed by atoms with E-state index in [1.54, 1.807) is 55.5 Å². The summed E-state index contributed by atoms with van der Waals surface area (Å²) in [6.07, 6.45) is 0.710. The van der Waals surface area contributed by atoms with Gasteiger partial charge < -0.3 is 15.0 Å². The maximum absolute atomic E-state index is 14.0. The third-order valence-electron chi connectivity index (χ3n) is 6.45. The van der Waals surface area contributed by atoms with E-state index in [2.05, 4.69) is 5.32 Å². The molecule has 40 heavy (non-hydrogen) atoms. The molecule has 0 unspecified atom stereocenters. The average molecular weight is 607 g/mol. The highest BCUT2D eigenvalue weighted by molar-refractivity contribution is 7.92. The van der Waals surface area contributed by atoms with E-state index in [4.69, 9.17) is 27.9 Å². The van der Waals surface area contributed by atoms with E-state index >= 15 is 0 Å². The van der Waals surface area contributed by atoms with Crippen LogP contribution in [0.5, 0.6) is 5.75 Å². The van der Waals surface area contributed by atoms with E-state index in [0.29, 0.717) is 11.4 Å². The number of rotatable bonds is 12. The predicted octanol–water partition coefficient (Wildman–Crippen LogP) is 5.53. The number of halogens is 2. The minimum Gasteiger partial charge on any atom is -0.495 e. The molecule has 214 valence electrons. The van der Waals surface area contributed by atoms with Gasteiger partial charge in [-0.25, -0.2) is 8.42 Å². The summed E-state index contributed by atoms with van der Waals surface area (Å²) in [7, 11) is -2.85. The molecule has 0 saturated heterocycles. The molecule has 11 heteroatoms. The molecule has 0 bridgehead atoms. The van der Waals surface area contributed by atoms with Crippen molar-refractivity contribution in [1.82, 2.24) is 10.2 Å². The number of anilines is 1. The summed E-state index contributed by atoms with van der Waals surface area (Å²) in [5.74, 6) is -0.735. The largest absolute Gasteiger partial charge is 0.495 e. The summed E-state index contributed by atoms with van der Waals surface area (Å²) in [5.41, 5.74) is 0.814. The molecule has 8 nitrogen and oxygen atoms in total. The van der Waals surface area contributed by atoms with E-state index in [1.165, 1.54) is 36.3 Å². The lowest BCUT2D eigenvalue weighted by atomic mass is 10.1. The molecule has 0 radical (unpaired) electrons. The first-order valence-electron chi connectivity index (χ1n) is 12.7. The molecule has 0 aliphatic heterocycles. The Bertz CT molecular complexity index is 1420. The quantitative estimate of drug-likeness (QED) is 0.293. The number of sulfonamides is 1. The first kappa shape index (κ1) is 31.3. The Labute approximate surface area is 245 Å². The van der Waals surface area contributed by atoms with Crippen LogP contribution in [0.1, 0.15) is 32.8 Å². The zero-order valence-corrected chi connectivity index (χ0v) is 25.1. The van der Waals surface area contributed by atoms with E-state index in [0.717, 1.165) is 9.87 Å². The molecular weight excluding hydrogens is 573 g/mol. The lowest BCUT2D eigenvalue weighted by Crippen LogP contribution is -2.52. The van der Waals surface area contributed by atoms with Crippen molar-refractivity contribution in [2.45, 2.75) is 50.7 Å². The van der Waals surface area contributed by atoms with Crippen LogP contribution in [0.3, 0.4) is 0 Å². The fraction of sp³-hybridized carbons (Fsp3) is 0.310. The molecule has 2 amide bonds. The molecule has 2 atom stereocenters. The molecule has 0 saturated carbocycles. The molecule has 0 aromatic heterocycles. The van der Waals surface area contributed by atoms with Gasteiger partial charge in [0.2, 0.25) is 11.8 Å². The van der Waals surface area contributed by atoms with E-state index in [9.17, 15) is 18.0 Å². The highest BCUT2D eigenvalue weighted by Crippen LogP contribution is 2.35. The van der Waals surface area contributed by atoms with Gasteiger partial charge in [0, 0.05) is 22.6 Å². The minimum atomic E-state index is -4.25. The second kappa shape index (κ2) is 13.9. The smallest absolute Gasteiger partial charge is 0.264 e. The van der Waals surface area contributed by atoms with Crippen molar-refractivity contribution in [2.75, 3.05) is 18.0 Å². The van der Waals surface area contributed by atoms with E-state index in [1.807, 2.05) is 13.8 Å². The lowest BCUT2D eigenvalue weighted by molar-refractivity contribution is -0.139. The van der Waals surface area contributed by atoms with Crippen LogP contribution in [0.25, 0.3) is 0 Å². The molecule has 3 aromatic rings. The number of carbonyl (C=O) groups excluding carboxylic acids is 2. The normalized spacial score (nSPS) is 12.8. The summed E-state index contributed by atoms with van der Waals surface area (Å²) in [5, 5.41) is 3.69. The summed E-state index contributed by atoms with van der Waals surface area (Å²) in [4.78, 5) is 28.5. The van der Waals surface area contributed by atoms with E-state index < -0.39 is 28.5 Å². The first-order chi connectivity index (χ1) is 19.0. The molecule has 0 aliphatic rings. The summed E-state index contributed by atoms with van der Waals surface area (Å²) in [6, 6.07) is 18.2. The van der Waals surface area contributed by atoms with Crippen LogP contribution in [-0.2, 0) is 26.2 Å². The van der Waals surface area contributed by atoms with Crippen LogP contribution in [0.2, 0.25) is 10.0 Å². The van der Waals surface area contributed by atoms with Crippen LogP contribution < -0.4 is 14.4 Å². The maximum Gasteiger partial charge on any atom is 0.264 e. The molecule has 1 N–H and O–H groups in total. The van der Waals surface area contributed by atoms with Crippen molar-refractivity contribution in [2.24, 2.45) is 0 Å². The summed E-state index contributed by atoms with van der Waals surface area (Å²) >= 11 is 12.3. The van der Waals surface area contributed by atoms with Gasteiger partial charge in [0.1, 0.15) is 18.3 Å². The van der Waals surface area contributed by atoms with Crippen molar-refractivity contribution >= 4 is 50.7 Å². The van der Waals surface area contributed by atoms with Gasteiger partial charge in [-0.3, -0.25) is 13.9 Å². The number of benzene rings is 3. The van der Waals surface area contributed by atoms with Gasteiger partial charge >= 0.3 is 0 Å². The van der Waals surface area contributed by atoms with Crippen LogP contribution in [0.4, 0.5) is 5.69 Å². The number of methoxy groups -OCH3 is 1. The molecule has 3 aromatic carbocycles. The Hall–Kier alpha value is -3.27. The van der Waals surface area contributed by atoms with Crippen molar-refractivity contribution in [3.63, 3.8) is 0 Å². The van der Waals surface area contributed by atoms with Gasteiger partial charge in [-0.1, -0.05) is 60.5 Å². The fourth-order valence-corrected chi connectivity index (χ4v) is 5.66. The highest BCUT2D eigenvalue weighted by Gasteiger charge is 2.34. The zero-order valence-electron chi connectivity index (χ0n) is 22.8. The second-order valence-corrected chi connectivity index (χ2v) is 12.0. The third-order valence-corrected chi connectivity index (χ3v) is 8.72. The van der Waals surface area contributed by atoms with E-state index in [-0.39, 0.29) is 39.8 Å². The van der Waals surface area contributed by atoms with Crippen molar-refractivity contribution in [3.8, 4) is 5.75 Å². The molecule has 0 aliphatic carbocycles. The summed E-state index contributed by atoms with van der Waals surface area (Å²) in [6.45, 7) is 4.87. The minimum absolute atomic E-state index is 0.0170. The standard InChI is InChI=1S/C29H33Cl2N3O5S/c1-5-20(2)32-29(36)21(3)33(18-22-11-13-23(30)14-12-22)28(35)19-34(26-17-24(31)15-16-27(26)39-4)40(37,38)25-9-7-6-8-10-25/h6-17,20-21H,5,18-19H2,1-4H3,(H,32,36)/t20-,21-/m1/s1. The number of nitrogens with one attached hydrogen (secondary N) is 1. The molecule has 0 fully saturated rings. The number of ether oxygens (including phenoxy) is 1. The number of carbonyl (C=O) groups is 2. The number of nitrogens with zero attached hydrogens (tertiary/aromatic N) is 2. The number of amides is 2. The summed E-state index contributed by atoms with van der Waals surface area (Å²) < 4.78 is 34.2. The Balaban J connectivity index is 2.08. The first-order valence-corrected chi connectivity index (χ1v) is 14.9. The Morgan fingerprint density at radius 3 is 2.17 bits per heavy atom. The van der Waals surface area contributed by atoms with Crippen molar-refractivity contribution in [3.05, 3.63) is 88.4 Å². The van der Waals surface area contributed by atoms with Gasteiger partial charge in [-0.15, -0.1) is 0 Å². The highest BCUT2D eigenvalue weighted by atomic mass is 35.5. The number of hydrogen-bond acceptors (Lipinski definition) is 5. The molecule has 3 rings (SSSR count). The van der Waals surface area contributed by atoms with Crippen molar-refractivity contribution in [1.29, 1.82) is 0 Å². The molecular formula is C29H33Cl2N3O5S. The van der Waals surface area contributed by atoms with Gasteiger partial charge in [-0.05, 0) is 68.3 Å². The van der Waals surface area contributed by atoms with Gasteiger partial charge in [0.05, 0.1) is 17.7 Å². The third kappa shape index (κ3) is 7.68. The zero-order chi connectivity index (χ0) is 29.4. The lowest BCUT2D eigenvalue weighted by Gasteiger charge is -2.32. The van der Waals surface area contributed by atoms with Gasteiger partial charge in [0.15, 0.2) is 0 Å². The number of hydrogen-bond donors (Lipinski definition) is 1. The average Bonchev–Trinajstić information content (AvgIpc) is 2.95. The molecule has 0 spiro atoms. The van der Waals surface area contributed by atoms with Crippen LogP contribution in [0, 0.1) is 0 Å². The SMILES string of the molecule is CC[C@@H](C)NC(=O)[C@@H](C)N(Cc1ccc(Cl)cc1)C(=O)CN(c1cc(Cl)ccc1OC)S(=O)(=O)c1ccccc1. The van der Waals surface area contributed by atoms with Gasteiger partial charge in [0.25, 0.3) is 10.0 Å². The van der Waals surface area contributed by atoms with Crippen LogP contribution >= 0.6 is 23.2 Å². The van der Waals surface area contributed by atoms with Crippen molar-refractivity contribution < 1.29 is 22.7 Å². The maximum atomic E-state index is 14.0. The Kier molecular flexibility index (Phi) is 10.8. The monoisotopic (exact) mass is 605 g/mol. The fourth-order valence-electron chi connectivity index (χ4n) is 3.93. The van der Waals surface area contributed by atoms with Crippen LogP contribution in [0.15, 0.2) is 77.7 Å². The second-order valence-electron chi connectivity index (χ2n) is 9.28. The van der Waals surface area contributed by atoms with Gasteiger partial charge in [-0.2, -0.15) is 0 Å². The molecule has 0 heterocycles. The topological polar surface area (TPSA) is 96.0 Å². The van der Waals surface area contributed by atoms with Crippen LogP contribution in [-0.4, -0.2) is 50.9 Å². The predicted molar refractivity (Wildman–Crippen MR) is 158 cm³/mol.